The molecule has 0 aromatic heterocycles. The molecule has 0 N–H and O–H groups in total. The highest BCUT2D eigenvalue weighted by atomic mass is 16.5. The monoisotopic (exact) mass is 346 g/mol. The van der Waals surface area contributed by atoms with Crippen LogP contribution in [0.1, 0.15) is 53.4 Å². The van der Waals surface area contributed by atoms with Gasteiger partial charge in [0.15, 0.2) is 0 Å². The van der Waals surface area contributed by atoms with Gasteiger partial charge in [-0.1, -0.05) is 39.3 Å². The summed E-state index contributed by atoms with van der Waals surface area (Å²) in [6, 6.07) is 0. The highest BCUT2D eigenvalue weighted by Gasteiger charge is 2.08. The van der Waals surface area contributed by atoms with Gasteiger partial charge in [-0.2, -0.15) is 0 Å². The van der Waals surface area contributed by atoms with E-state index in [0.717, 1.165) is 44.2 Å². The first-order valence-electron chi connectivity index (χ1n) is 9.88. The molecular weight excluding hydrogens is 308 g/mol. The molecule has 1 rings (SSSR count). The lowest BCUT2D eigenvalue weighted by Crippen LogP contribution is -2.30. The first-order valence-corrected chi connectivity index (χ1v) is 9.88. The maximum absolute atomic E-state index is 6.00. The van der Waals surface area contributed by atoms with E-state index in [1.165, 1.54) is 25.1 Å². The number of hydrogen-bond acceptors (Lipinski definition) is 3. The Morgan fingerprint density at radius 3 is 2.76 bits per heavy atom. The van der Waals surface area contributed by atoms with E-state index in [4.69, 9.17) is 4.74 Å². The zero-order valence-electron chi connectivity index (χ0n) is 17.0. The van der Waals surface area contributed by atoms with E-state index in [1.54, 1.807) is 0 Å². The Kier molecular flexibility index (Phi) is 11.1. The van der Waals surface area contributed by atoms with Crippen LogP contribution in [0.3, 0.4) is 0 Å². The largest absolute Gasteiger partial charge is 0.498 e. The Morgan fingerprint density at radius 2 is 2.08 bits per heavy atom. The van der Waals surface area contributed by atoms with Gasteiger partial charge >= 0.3 is 0 Å². The summed E-state index contributed by atoms with van der Waals surface area (Å²) in [6.45, 7) is 13.2. The molecule has 1 aliphatic carbocycles. The first kappa shape index (κ1) is 21.6. The molecule has 3 heteroatoms. The average Bonchev–Trinajstić information content (AvgIpc) is 2.83. The second-order valence-electron chi connectivity index (χ2n) is 6.91. The Morgan fingerprint density at radius 1 is 1.28 bits per heavy atom. The van der Waals surface area contributed by atoms with Gasteiger partial charge in [0.1, 0.15) is 0 Å². The summed E-state index contributed by atoms with van der Waals surface area (Å²) in [5.74, 6) is 1.85. The predicted molar refractivity (Wildman–Crippen MR) is 109 cm³/mol. The maximum atomic E-state index is 6.00. The summed E-state index contributed by atoms with van der Waals surface area (Å²) >= 11 is 0. The summed E-state index contributed by atoms with van der Waals surface area (Å²) in [5, 5.41) is 0. The number of likely N-dealkylation sites (N-methyl/N-ethyl adjacent to an activating group) is 1. The SMILES string of the molecule is C/C=C\N(C)C1=CC=C(OCCCN(CC)CC(C)CCC)CC=C1. The van der Waals surface area contributed by atoms with E-state index in [0.29, 0.717) is 0 Å². The molecule has 0 bridgehead atoms. The molecule has 25 heavy (non-hydrogen) atoms. The molecule has 0 saturated heterocycles. The fraction of sp³-hybridized carbons (Fsp3) is 0.636. The molecular formula is C22H38N2O. The van der Waals surface area contributed by atoms with Crippen molar-refractivity contribution in [2.75, 3.05) is 33.3 Å². The molecule has 3 nitrogen and oxygen atoms in total. The lowest BCUT2D eigenvalue weighted by molar-refractivity contribution is 0.172. The molecule has 0 radical (unpaired) electrons. The van der Waals surface area contributed by atoms with Gasteiger partial charge in [0.05, 0.1) is 12.4 Å². The van der Waals surface area contributed by atoms with Gasteiger partial charge in [-0.3, -0.25) is 0 Å². The Hall–Kier alpha value is -1.48. The minimum absolute atomic E-state index is 0.790. The Labute approximate surface area is 155 Å². The van der Waals surface area contributed by atoms with Crippen LogP contribution in [0.25, 0.3) is 0 Å². The average molecular weight is 347 g/mol. The van der Waals surface area contributed by atoms with Crippen LogP contribution in [0.5, 0.6) is 0 Å². The lowest BCUT2D eigenvalue weighted by Gasteiger charge is -2.24. The summed E-state index contributed by atoms with van der Waals surface area (Å²) in [6.07, 6.45) is 17.2. The highest BCUT2D eigenvalue weighted by Crippen LogP contribution is 2.15. The summed E-state index contributed by atoms with van der Waals surface area (Å²) in [4.78, 5) is 4.67. The maximum Gasteiger partial charge on any atom is 0.0998 e. The second-order valence-corrected chi connectivity index (χ2v) is 6.91. The van der Waals surface area contributed by atoms with Gasteiger partial charge in [-0.05, 0) is 56.7 Å². The smallest absolute Gasteiger partial charge is 0.0998 e. The van der Waals surface area contributed by atoms with E-state index < -0.39 is 0 Å². The normalized spacial score (nSPS) is 15.9. The van der Waals surface area contributed by atoms with Crippen molar-refractivity contribution in [3.05, 3.63) is 48.0 Å². The molecule has 0 spiro atoms. The van der Waals surface area contributed by atoms with Crippen LogP contribution >= 0.6 is 0 Å². The van der Waals surface area contributed by atoms with Crippen LogP contribution in [-0.4, -0.2) is 43.1 Å². The van der Waals surface area contributed by atoms with Gasteiger partial charge in [-0.15, -0.1) is 0 Å². The summed E-state index contributed by atoms with van der Waals surface area (Å²) < 4.78 is 6.00. The Bertz CT molecular complexity index is 476. The van der Waals surface area contributed by atoms with Crippen LogP contribution in [0.4, 0.5) is 0 Å². The molecule has 0 aliphatic heterocycles. The third kappa shape index (κ3) is 8.97. The molecule has 1 unspecified atom stereocenters. The molecule has 1 aliphatic rings. The lowest BCUT2D eigenvalue weighted by atomic mass is 10.1. The fourth-order valence-electron chi connectivity index (χ4n) is 3.14. The van der Waals surface area contributed by atoms with Crippen LogP contribution in [-0.2, 0) is 4.74 Å². The topological polar surface area (TPSA) is 15.7 Å². The van der Waals surface area contributed by atoms with Crippen molar-refractivity contribution >= 4 is 0 Å². The number of hydrogen-bond donors (Lipinski definition) is 0. The number of rotatable bonds is 12. The predicted octanol–water partition coefficient (Wildman–Crippen LogP) is 5.34. The third-order valence-corrected chi connectivity index (χ3v) is 4.53. The number of allylic oxidation sites excluding steroid dienone is 5. The van der Waals surface area contributed by atoms with Crippen molar-refractivity contribution in [1.29, 1.82) is 0 Å². The first-order chi connectivity index (χ1) is 12.1. The summed E-state index contributed by atoms with van der Waals surface area (Å²) in [7, 11) is 2.06. The minimum Gasteiger partial charge on any atom is -0.498 e. The quantitative estimate of drug-likeness (QED) is 0.443. The van der Waals surface area contributed by atoms with Crippen molar-refractivity contribution in [1.82, 2.24) is 9.80 Å². The molecule has 142 valence electrons. The van der Waals surface area contributed by atoms with Gasteiger partial charge in [0.25, 0.3) is 0 Å². The van der Waals surface area contributed by atoms with Crippen molar-refractivity contribution in [3.8, 4) is 0 Å². The minimum atomic E-state index is 0.790. The van der Waals surface area contributed by atoms with Crippen molar-refractivity contribution < 1.29 is 4.74 Å². The van der Waals surface area contributed by atoms with Crippen molar-refractivity contribution in [2.24, 2.45) is 5.92 Å². The standard InChI is InChI=1S/C22H38N2O/c1-6-11-20(4)19-24(8-3)17-10-18-25-22-13-9-12-21(14-15-22)23(5)16-7-2/h7,9,12,14-16,20H,6,8,10-11,13,17-19H2,1-5H3/b16-7-. The van der Waals surface area contributed by atoms with E-state index in [9.17, 15) is 0 Å². The van der Waals surface area contributed by atoms with Gasteiger partial charge in [0, 0.05) is 32.3 Å². The molecule has 0 aromatic carbocycles. The van der Waals surface area contributed by atoms with Crippen molar-refractivity contribution in [2.45, 2.75) is 53.4 Å². The molecule has 0 fully saturated rings. The number of nitrogens with zero attached hydrogens (tertiary/aromatic N) is 2. The van der Waals surface area contributed by atoms with E-state index in [-0.39, 0.29) is 0 Å². The van der Waals surface area contributed by atoms with Crippen LogP contribution < -0.4 is 0 Å². The third-order valence-electron chi connectivity index (χ3n) is 4.53. The molecule has 0 amide bonds. The van der Waals surface area contributed by atoms with Crippen molar-refractivity contribution in [3.63, 3.8) is 0 Å². The van der Waals surface area contributed by atoms with E-state index in [1.807, 2.05) is 13.0 Å². The van der Waals surface area contributed by atoms with Gasteiger partial charge in [0.2, 0.25) is 0 Å². The molecule has 0 aromatic rings. The fourth-order valence-corrected chi connectivity index (χ4v) is 3.14. The number of ether oxygens (including phenoxy) is 1. The zero-order valence-corrected chi connectivity index (χ0v) is 17.0. The van der Waals surface area contributed by atoms with E-state index in [2.05, 4.69) is 68.1 Å². The van der Waals surface area contributed by atoms with Gasteiger partial charge < -0.3 is 14.5 Å². The van der Waals surface area contributed by atoms with Crippen LogP contribution in [0.15, 0.2) is 48.0 Å². The molecule has 0 saturated carbocycles. The zero-order chi connectivity index (χ0) is 18.5. The Balaban J connectivity index is 2.36. The molecule has 1 atom stereocenters. The molecule has 0 heterocycles. The van der Waals surface area contributed by atoms with Crippen LogP contribution in [0.2, 0.25) is 0 Å². The summed E-state index contributed by atoms with van der Waals surface area (Å²) in [5.41, 5.74) is 1.18. The highest BCUT2D eigenvalue weighted by molar-refractivity contribution is 5.29. The van der Waals surface area contributed by atoms with E-state index >= 15 is 0 Å². The second kappa shape index (κ2) is 12.8. The van der Waals surface area contributed by atoms with Gasteiger partial charge in [-0.25, -0.2) is 0 Å². The van der Waals surface area contributed by atoms with Crippen LogP contribution in [0, 0.1) is 5.92 Å².